The van der Waals surface area contributed by atoms with E-state index in [2.05, 4.69) is 15.9 Å². The van der Waals surface area contributed by atoms with Crippen LogP contribution >= 0.6 is 15.9 Å². The minimum Gasteiger partial charge on any atom is -0.322 e. The molecule has 3 heteroatoms. The Kier molecular flexibility index (Phi) is 3.02. The smallest absolute Gasteiger partial charge is 0.0815 e. The summed E-state index contributed by atoms with van der Waals surface area (Å²) in [5, 5.41) is 0. The summed E-state index contributed by atoms with van der Waals surface area (Å²) < 4.78 is 1.04. The SMILES string of the molecule is CC1=CC=CC(N)C1(N)c1ccc(Br)cc1. The van der Waals surface area contributed by atoms with Gasteiger partial charge in [-0.2, -0.15) is 0 Å². The van der Waals surface area contributed by atoms with Crippen LogP contribution in [0.15, 0.2) is 52.5 Å². The van der Waals surface area contributed by atoms with Crippen molar-refractivity contribution in [2.75, 3.05) is 0 Å². The molecule has 1 aromatic carbocycles. The van der Waals surface area contributed by atoms with Gasteiger partial charge >= 0.3 is 0 Å². The summed E-state index contributed by atoms with van der Waals surface area (Å²) in [6.45, 7) is 2.02. The molecule has 2 nitrogen and oxygen atoms in total. The molecule has 1 aliphatic carbocycles. The van der Waals surface area contributed by atoms with Gasteiger partial charge in [-0.1, -0.05) is 46.3 Å². The zero-order valence-electron chi connectivity index (χ0n) is 9.15. The van der Waals surface area contributed by atoms with Crippen molar-refractivity contribution in [3.63, 3.8) is 0 Å². The molecule has 0 bridgehead atoms. The predicted octanol–water partition coefficient (Wildman–Crippen LogP) is 2.45. The third kappa shape index (κ3) is 1.75. The number of allylic oxidation sites excluding steroid dienone is 2. The van der Waals surface area contributed by atoms with Crippen LogP contribution in [0, 0.1) is 0 Å². The average molecular weight is 279 g/mol. The molecular weight excluding hydrogens is 264 g/mol. The molecule has 0 saturated heterocycles. The van der Waals surface area contributed by atoms with Crippen molar-refractivity contribution in [1.29, 1.82) is 0 Å². The van der Waals surface area contributed by atoms with E-state index in [0.717, 1.165) is 15.6 Å². The second-order valence-electron chi connectivity index (χ2n) is 4.14. The minimum absolute atomic E-state index is 0.182. The monoisotopic (exact) mass is 278 g/mol. The molecular formula is C13H15BrN2. The van der Waals surface area contributed by atoms with Crippen LogP contribution in [0.4, 0.5) is 0 Å². The van der Waals surface area contributed by atoms with Crippen molar-refractivity contribution in [2.45, 2.75) is 18.5 Å². The first-order valence-electron chi connectivity index (χ1n) is 5.21. The molecule has 1 aliphatic rings. The maximum absolute atomic E-state index is 6.46. The molecule has 2 atom stereocenters. The van der Waals surface area contributed by atoms with E-state index in [0.29, 0.717) is 0 Å². The third-order valence-electron chi connectivity index (χ3n) is 3.16. The van der Waals surface area contributed by atoms with Crippen molar-refractivity contribution in [3.05, 3.63) is 58.1 Å². The molecule has 84 valence electrons. The molecule has 0 spiro atoms. The second-order valence-corrected chi connectivity index (χ2v) is 5.05. The summed E-state index contributed by atoms with van der Waals surface area (Å²) in [6.07, 6.45) is 5.92. The Morgan fingerprint density at radius 3 is 2.44 bits per heavy atom. The fraction of sp³-hybridized carbons (Fsp3) is 0.231. The van der Waals surface area contributed by atoms with Gasteiger partial charge in [0.1, 0.15) is 0 Å². The number of hydrogen-bond acceptors (Lipinski definition) is 2. The van der Waals surface area contributed by atoms with Crippen molar-refractivity contribution in [1.82, 2.24) is 0 Å². The second kappa shape index (κ2) is 4.17. The molecule has 0 amide bonds. The lowest BCUT2D eigenvalue weighted by atomic mass is 9.76. The van der Waals surface area contributed by atoms with E-state index in [1.165, 1.54) is 0 Å². The molecule has 4 N–H and O–H groups in total. The molecule has 2 rings (SSSR count). The minimum atomic E-state index is -0.588. The van der Waals surface area contributed by atoms with Crippen LogP contribution in [0.5, 0.6) is 0 Å². The molecule has 0 fully saturated rings. The lowest BCUT2D eigenvalue weighted by molar-refractivity contribution is 0.462. The summed E-state index contributed by atoms with van der Waals surface area (Å²) in [5.74, 6) is 0. The van der Waals surface area contributed by atoms with Crippen LogP contribution in [0.1, 0.15) is 12.5 Å². The quantitative estimate of drug-likeness (QED) is 0.829. The summed E-state index contributed by atoms with van der Waals surface area (Å²) in [6, 6.07) is 7.82. The zero-order valence-corrected chi connectivity index (χ0v) is 10.7. The van der Waals surface area contributed by atoms with Gasteiger partial charge in [0.05, 0.1) is 5.54 Å². The third-order valence-corrected chi connectivity index (χ3v) is 3.69. The molecule has 1 aromatic rings. The standard InChI is InChI=1S/C13H15BrN2/c1-9-3-2-4-12(15)13(9,16)10-5-7-11(14)8-6-10/h2-8,12H,15-16H2,1H3. The largest absolute Gasteiger partial charge is 0.322 e. The first-order chi connectivity index (χ1) is 7.55. The first-order valence-corrected chi connectivity index (χ1v) is 6.00. The lowest BCUT2D eigenvalue weighted by Gasteiger charge is -2.37. The van der Waals surface area contributed by atoms with Crippen LogP contribution in [0.3, 0.4) is 0 Å². The van der Waals surface area contributed by atoms with E-state index in [4.69, 9.17) is 11.5 Å². The summed E-state index contributed by atoms with van der Waals surface area (Å²) in [5.41, 5.74) is 14.1. The van der Waals surface area contributed by atoms with Crippen LogP contribution < -0.4 is 11.5 Å². The van der Waals surface area contributed by atoms with Crippen molar-refractivity contribution >= 4 is 15.9 Å². The topological polar surface area (TPSA) is 52.0 Å². The van der Waals surface area contributed by atoms with Gasteiger partial charge in [-0.05, 0) is 30.2 Å². The Bertz CT molecular complexity index is 448. The van der Waals surface area contributed by atoms with Crippen LogP contribution in [-0.4, -0.2) is 6.04 Å². The number of rotatable bonds is 1. The van der Waals surface area contributed by atoms with Gasteiger partial charge < -0.3 is 11.5 Å². The molecule has 16 heavy (non-hydrogen) atoms. The number of halogens is 1. The number of nitrogens with two attached hydrogens (primary N) is 2. The summed E-state index contributed by atoms with van der Waals surface area (Å²) in [4.78, 5) is 0. The lowest BCUT2D eigenvalue weighted by Crippen LogP contribution is -2.53. The van der Waals surface area contributed by atoms with Crippen LogP contribution in [0.2, 0.25) is 0 Å². The van der Waals surface area contributed by atoms with E-state index in [1.54, 1.807) is 0 Å². The average Bonchev–Trinajstić information content (AvgIpc) is 2.27. The van der Waals surface area contributed by atoms with E-state index >= 15 is 0 Å². The number of hydrogen-bond donors (Lipinski definition) is 2. The zero-order chi connectivity index (χ0) is 11.8. The van der Waals surface area contributed by atoms with E-state index in [-0.39, 0.29) is 6.04 Å². The highest BCUT2D eigenvalue weighted by atomic mass is 79.9. The Morgan fingerprint density at radius 2 is 1.88 bits per heavy atom. The fourth-order valence-corrected chi connectivity index (χ4v) is 2.28. The van der Waals surface area contributed by atoms with Crippen LogP contribution in [-0.2, 0) is 5.54 Å². The van der Waals surface area contributed by atoms with Gasteiger partial charge in [-0.15, -0.1) is 0 Å². The molecule has 0 aromatic heterocycles. The Labute approximate surface area is 104 Å². The van der Waals surface area contributed by atoms with E-state index in [9.17, 15) is 0 Å². The van der Waals surface area contributed by atoms with Gasteiger partial charge in [0.15, 0.2) is 0 Å². The van der Waals surface area contributed by atoms with Crippen LogP contribution in [0.25, 0.3) is 0 Å². The highest BCUT2D eigenvalue weighted by molar-refractivity contribution is 9.10. The van der Waals surface area contributed by atoms with E-state index < -0.39 is 5.54 Å². The Morgan fingerprint density at radius 1 is 1.25 bits per heavy atom. The molecule has 0 heterocycles. The maximum atomic E-state index is 6.46. The summed E-state index contributed by atoms with van der Waals surface area (Å²) >= 11 is 3.42. The first kappa shape index (κ1) is 11.6. The van der Waals surface area contributed by atoms with Gasteiger partial charge in [-0.3, -0.25) is 0 Å². The van der Waals surface area contributed by atoms with E-state index in [1.807, 2.05) is 49.4 Å². The molecule has 2 unspecified atom stereocenters. The highest BCUT2D eigenvalue weighted by Gasteiger charge is 2.35. The normalized spacial score (nSPS) is 29.0. The summed E-state index contributed by atoms with van der Waals surface area (Å²) in [7, 11) is 0. The fourth-order valence-electron chi connectivity index (χ4n) is 2.02. The number of benzene rings is 1. The highest BCUT2D eigenvalue weighted by Crippen LogP contribution is 2.33. The Hall–Kier alpha value is -0.900. The van der Waals surface area contributed by atoms with Gasteiger partial charge in [0, 0.05) is 10.5 Å². The van der Waals surface area contributed by atoms with Gasteiger partial charge in [0.25, 0.3) is 0 Å². The predicted molar refractivity (Wildman–Crippen MR) is 70.9 cm³/mol. The Balaban J connectivity index is 2.49. The van der Waals surface area contributed by atoms with Crippen molar-refractivity contribution < 1.29 is 0 Å². The van der Waals surface area contributed by atoms with Crippen molar-refractivity contribution in [3.8, 4) is 0 Å². The van der Waals surface area contributed by atoms with Gasteiger partial charge in [0.2, 0.25) is 0 Å². The molecule has 0 radical (unpaired) electrons. The maximum Gasteiger partial charge on any atom is 0.0815 e. The molecule has 0 saturated carbocycles. The van der Waals surface area contributed by atoms with Crippen molar-refractivity contribution in [2.24, 2.45) is 11.5 Å². The molecule has 0 aliphatic heterocycles. The van der Waals surface area contributed by atoms with Gasteiger partial charge in [-0.25, -0.2) is 0 Å².